The number of esters is 1. The third kappa shape index (κ3) is 4.63. The van der Waals surface area contributed by atoms with Crippen LogP contribution < -0.4 is 0 Å². The zero-order valence-electron chi connectivity index (χ0n) is 12.1. The lowest BCUT2D eigenvalue weighted by molar-refractivity contribution is -0.136. The highest BCUT2D eigenvalue weighted by atomic mass is 32.2. The monoisotopic (exact) mass is 316 g/mol. The molecule has 0 bridgehead atoms. The molecule has 0 atom stereocenters. The lowest BCUT2D eigenvalue weighted by atomic mass is 10.2. The van der Waals surface area contributed by atoms with Crippen LogP contribution in [0.5, 0.6) is 0 Å². The molecule has 5 heteroatoms. The van der Waals surface area contributed by atoms with Crippen LogP contribution in [0.25, 0.3) is 0 Å². The fraction of sp³-hybridized carbons (Fsp3) is 0.176. The fourth-order valence-electron chi connectivity index (χ4n) is 1.86. The van der Waals surface area contributed by atoms with Gasteiger partial charge in [-0.25, -0.2) is 4.79 Å². The van der Waals surface area contributed by atoms with Crippen molar-refractivity contribution < 1.29 is 19.4 Å². The normalized spacial score (nSPS) is 10.2. The van der Waals surface area contributed by atoms with Gasteiger partial charge in [0.15, 0.2) is 0 Å². The van der Waals surface area contributed by atoms with Gasteiger partial charge in [-0.3, -0.25) is 4.79 Å². The van der Waals surface area contributed by atoms with Crippen molar-refractivity contribution in [3.05, 3.63) is 59.7 Å². The molecule has 0 aliphatic rings. The van der Waals surface area contributed by atoms with E-state index in [9.17, 15) is 9.59 Å². The van der Waals surface area contributed by atoms with Crippen molar-refractivity contribution in [1.29, 1.82) is 0 Å². The number of hydrogen-bond donors (Lipinski definition) is 1. The van der Waals surface area contributed by atoms with Gasteiger partial charge in [-0.2, -0.15) is 0 Å². The lowest BCUT2D eigenvalue weighted by Crippen LogP contribution is -2.03. The predicted molar refractivity (Wildman–Crippen MR) is 84.3 cm³/mol. The maximum atomic E-state index is 11.6. The van der Waals surface area contributed by atoms with Gasteiger partial charge in [-0.1, -0.05) is 23.9 Å². The first-order chi connectivity index (χ1) is 10.6. The highest BCUT2D eigenvalue weighted by molar-refractivity contribution is 7.99. The largest absolute Gasteiger partial charge is 0.481 e. The number of carboxylic acids is 1. The smallest absolute Gasteiger partial charge is 0.338 e. The first-order valence-electron chi connectivity index (χ1n) is 6.84. The summed E-state index contributed by atoms with van der Waals surface area (Å²) in [6.45, 7) is 2.13. The van der Waals surface area contributed by atoms with Gasteiger partial charge in [0, 0.05) is 9.79 Å². The second kappa shape index (κ2) is 7.66. The van der Waals surface area contributed by atoms with Gasteiger partial charge in [-0.15, -0.1) is 0 Å². The summed E-state index contributed by atoms with van der Waals surface area (Å²) in [4.78, 5) is 24.2. The second-order valence-electron chi connectivity index (χ2n) is 4.56. The summed E-state index contributed by atoms with van der Waals surface area (Å²) in [5, 5.41) is 8.74. The standard InChI is InChI=1S/C17H16O4S/c1-2-21-17(20)13-5-9-15(10-6-13)22-14-7-3-12(4-8-14)11-16(18)19/h3-10H,2,11H2,1H3,(H,18,19). The molecule has 2 aromatic rings. The maximum absolute atomic E-state index is 11.6. The summed E-state index contributed by atoms with van der Waals surface area (Å²) in [5.74, 6) is -1.16. The van der Waals surface area contributed by atoms with Crippen LogP contribution >= 0.6 is 11.8 Å². The van der Waals surface area contributed by atoms with Crippen molar-refractivity contribution in [3.63, 3.8) is 0 Å². The van der Waals surface area contributed by atoms with Crippen molar-refractivity contribution in [2.75, 3.05) is 6.61 Å². The molecule has 0 radical (unpaired) electrons. The second-order valence-corrected chi connectivity index (χ2v) is 5.71. The molecule has 22 heavy (non-hydrogen) atoms. The molecule has 114 valence electrons. The highest BCUT2D eigenvalue weighted by Crippen LogP contribution is 2.28. The SMILES string of the molecule is CCOC(=O)c1ccc(Sc2ccc(CC(=O)O)cc2)cc1. The van der Waals surface area contributed by atoms with Crippen molar-refractivity contribution in [2.45, 2.75) is 23.1 Å². The first-order valence-corrected chi connectivity index (χ1v) is 7.66. The molecule has 0 aliphatic heterocycles. The van der Waals surface area contributed by atoms with Crippen molar-refractivity contribution in [1.82, 2.24) is 0 Å². The molecule has 0 spiro atoms. The van der Waals surface area contributed by atoms with E-state index in [2.05, 4.69) is 0 Å². The molecule has 1 N–H and O–H groups in total. The van der Waals surface area contributed by atoms with E-state index in [1.165, 1.54) is 0 Å². The number of rotatable bonds is 6. The Morgan fingerprint density at radius 2 is 1.55 bits per heavy atom. The first kappa shape index (κ1) is 16.1. The summed E-state index contributed by atoms with van der Waals surface area (Å²) in [6.07, 6.45) is 0.0270. The van der Waals surface area contributed by atoms with Gasteiger partial charge in [0.2, 0.25) is 0 Å². The Hall–Kier alpha value is -2.27. The van der Waals surface area contributed by atoms with Gasteiger partial charge in [0.05, 0.1) is 18.6 Å². The van der Waals surface area contributed by atoms with Gasteiger partial charge >= 0.3 is 11.9 Å². The zero-order chi connectivity index (χ0) is 15.9. The Labute approximate surface area is 133 Å². The molecule has 4 nitrogen and oxygen atoms in total. The summed E-state index contributed by atoms with van der Waals surface area (Å²) in [7, 11) is 0. The van der Waals surface area contributed by atoms with Crippen LogP contribution in [0.4, 0.5) is 0 Å². The molecule has 0 aromatic heterocycles. The fourth-order valence-corrected chi connectivity index (χ4v) is 2.68. The Kier molecular flexibility index (Phi) is 5.61. The van der Waals surface area contributed by atoms with Gasteiger partial charge < -0.3 is 9.84 Å². The minimum absolute atomic E-state index is 0.0270. The molecule has 2 rings (SSSR count). The maximum Gasteiger partial charge on any atom is 0.338 e. The number of carboxylic acid groups (broad SMARTS) is 1. The van der Waals surface area contributed by atoms with Gasteiger partial charge in [0.25, 0.3) is 0 Å². The molecule has 2 aromatic carbocycles. The van der Waals surface area contributed by atoms with E-state index in [1.54, 1.807) is 30.8 Å². The number of carbonyl (C=O) groups is 2. The summed E-state index contributed by atoms with van der Waals surface area (Å²) >= 11 is 1.55. The molecule has 0 unspecified atom stereocenters. The Bertz CT molecular complexity index is 647. The van der Waals surface area contributed by atoms with Crippen molar-refractivity contribution in [3.8, 4) is 0 Å². The zero-order valence-corrected chi connectivity index (χ0v) is 12.9. The van der Waals surface area contributed by atoms with E-state index in [-0.39, 0.29) is 12.4 Å². The van der Waals surface area contributed by atoms with Crippen LogP contribution in [0.1, 0.15) is 22.8 Å². The van der Waals surface area contributed by atoms with Crippen LogP contribution in [0, 0.1) is 0 Å². The van der Waals surface area contributed by atoms with E-state index in [0.717, 1.165) is 15.4 Å². The minimum atomic E-state index is -0.838. The summed E-state index contributed by atoms with van der Waals surface area (Å²) in [5.41, 5.74) is 1.30. The van der Waals surface area contributed by atoms with Crippen molar-refractivity contribution in [2.24, 2.45) is 0 Å². The van der Waals surface area contributed by atoms with Crippen LogP contribution in [-0.4, -0.2) is 23.7 Å². The Balaban J connectivity index is 2.01. The van der Waals surface area contributed by atoms with E-state index in [1.807, 2.05) is 36.4 Å². The molecule has 0 aliphatic carbocycles. The van der Waals surface area contributed by atoms with Crippen LogP contribution in [-0.2, 0) is 16.0 Å². The molecular formula is C17H16O4S. The average Bonchev–Trinajstić information content (AvgIpc) is 2.50. The van der Waals surface area contributed by atoms with E-state index in [4.69, 9.17) is 9.84 Å². The Morgan fingerprint density at radius 1 is 1.00 bits per heavy atom. The third-order valence-corrected chi connectivity index (χ3v) is 3.90. The Morgan fingerprint density at radius 3 is 2.05 bits per heavy atom. The van der Waals surface area contributed by atoms with E-state index in [0.29, 0.717) is 12.2 Å². The highest BCUT2D eigenvalue weighted by Gasteiger charge is 2.06. The number of carbonyl (C=O) groups excluding carboxylic acids is 1. The van der Waals surface area contributed by atoms with Crippen LogP contribution in [0.2, 0.25) is 0 Å². The number of hydrogen-bond acceptors (Lipinski definition) is 4. The quantitative estimate of drug-likeness (QED) is 0.824. The molecule has 0 amide bonds. The molecule has 0 heterocycles. The number of ether oxygens (including phenoxy) is 1. The van der Waals surface area contributed by atoms with Crippen LogP contribution in [0.15, 0.2) is 58.3 Å². The molecular weight excluding hydrogens is 300 g/mol. The molecule has 0 saturated heterocycles. The van der Waals surface area contributed by atoms with E-state index >= 15 is 0 Å². The van der Waals surface area contributed by atoms with Gasteiger partial charge in [0.1, 0.15) is 0 Å². The van der Waals surface area contributed by atoms with Crippen LogP contribution in [0.3, 0.4) is 0 Å². The topological polar surface area (TPSA) is 63.6 Å². The minimum Gasteiger partial charge on any atom is -0.481 e. The number of benzene rings is 2. The average molecular weight is 316 g/mol. The summed E-state index contributed by atoms with van der Waals surface area (Å²) in [6, 6.07) is 14.6. The number of aliphatic carboxylic acids is 1. The molecule has 0 fully saturated rings. The molecule has 0 saturated carbocycles. The third-order valence-electron chi connectivity index (χ3n) is 2.88. The van der Waals surface area contributed by atoms with E-state index < -0.39 is 5.97 Å². The van der Waals surface area contributed by atoms with Crippen molar-refractivity contribution >= 4 is 23.7 Å². The summed E-state index contributed by atoms with van der Waals surface area (Å²) < 4.78 is 4.94. The predicted octanol–water partition coefficient (Wildman–Crippen LogP) is 3.64. The van der Waals surface area contributed by atoms with Gasteiger partial charge in [-0.05, 0) is 48.9 Å². The lowest BCUT2D eigenvalue weighted by Gasteiger charge is -2.05.